The third-order valence-electron chi connectivity index (χ3n) is 1.71. The van der Waals surface area contributed by atoms with E-state index < -0.39 is 0 Å². The first-order valence-corrected chi connectivity index (χ1v) is 4.51. The van der Waals surface area contributed by atoms with Crippen molar-refractivity contribution >= 4 is 0 Å². The summed E-state index contributed by atoms with van der Waals surface area (Å²) in [5.74, 6) is 0. The Bertz CT molecular complexity index is 224. The number of pyridine rings is 1. The highest BCUT2D eigenvalue weighted by atomic mass is 16.5. The molecule has 3 nitrogen and oxygen atoms in total. The quantitative estimate of drug-likeness (QED) is 0.695. The SMILES string of the molecule is CC(N)CCOCc1cccnc1. The van der Waals surface area contributed by atoms with Gasteiger partial charge in [-0.2, -0.15) is 0 Å². The number of nitrogens with two attached hydrogens (primary N) is 1. The monoisotopic (exact) mass is 180 g/mol. The molecule has 0 aromatic carbocycles. The molecule has 3 heteroatoms. The molecule has 0 bridgehead atoms. The fourth-order valence-corrected chi connectivity index (χ4v) is 0.943. The van der Waals surface area contributed by atoms with Gasteiger partial charge in [0.1, 0.15) is 0 Å². The molecule has 0 aliphatic heterocycles. The Balaban J connectivity index is 2.13. The summed E-state index contributed by atoms with van der Waals surface area (Å²) in [6.07, 6.45) is 4.47. The van der Waals surface area contributed by atoms with Crippen LogP contribution < -0.4 is 5.73 Å². The van der Waals surface area contributed by atoms with Gasteiger partial charge in [0, 0.05) is 25.0 Å². The van der Waals surface area contributed by atoms with Crippen LogP contribution >= 0.6 is 0 Å². The molecule has 0 radical (unpaired) electrons. The van der Waals surface area contributed by atoms with Crippen molar-refractivity contribution in [2.24, 2.45) is 5.73 Å². The van der Waals surface area contributed by atoms with Crippen LogP contribution in [-0.2, 0) is 11.3 Å². The molecule has 2 N–H and O–H groups in total. The van der Waals surface area contributed by atoms with Gasteiger partial charge in [-0.05, 0) is 25.0 Å². The largest absolute Gasteiger partial charge is 0.377 e. The molecule has 13 heavy (non-hydrogen) atoms. The van der Waals surface area contributed by atoms with E-state index in [0.29, 0.717) is 13.2 Å². The van der Waals surface area contributed by atoms with Crippen molar-refractivity contribution in [1.82, 2.24) is 4.98 Å². The molecule has 0 spiro atoms. The second-order valence-electron chi connectivity index (χ2n) is 3.18. The average molecular weight is 180 g/mol. The minimum Gasteiger partial charge on any atom is -0.377 e. The predicted octanol–water partition coefficient (Wildman–Crippen LogP) is 1.34. The van der Waals surface area contributed by atoms with Crippen molar-refractivity contribution in [2.75, 3.05) is 6.61 Å². The summed E-state index contributed by atoms with van der Waals surface area (Å²) in [6.45, 7) is 3.32. The van der Waals surface area contributed by atoms with Gasteiger partial charge in [0.05, 0.1) is 6.61 Å². The van der Waals surface area contributed by atoms with E-state index in [2.05, 4.69) is 4.98 Å². The first-order valence-electron chi connectivity index (χ1n) is 4.51. The van der Waals surface area contributed by atoms with Crippen LogP contribution in [0.15, 0.2) is 24.5 Å². The lowest BCUT2D eigenvalue weighted by Crippen LogP contribution is -2.17. The molecule has 0 aliphatic carbocycles. The Labute approximate surface area is 78.9 Å². The number of nitrogens with zero attached hydrogens (tertiary/aromatic N) is 1. The Morgan fingerprint density at radius 2 is 2.46 bits per heavy atom. The van der Waals surface area contributed by atoms with Gasteiger partial charge in [-0.1, -0.05) is 6.07 Å². The molecular formula is C10H16N2O. The molecule has 1 aromatic heterocycles. The van der Waals surface area contributed by atoms with E-state index >= 15 is 0 Å². The van der Waals surface area contributed by atoms with Crippen molar-refractivity contribution < 1.29 is 4.74 Å². The topological polar surface area (TPSA) is 48.1 Å². The maximum Gasteiger partial charge on any atom is 0.0731 e. The van der Waals surface area contributed by atoms with Crippen LogP contribution in [0, 0.1) is 0 Å². The van der Waals surface area contributed by atoms with Crippen molar-refractivity contribution in [1.29, 1.82) is 0 Å². The van der Waals surface area contributed by atoms with E-state index in [1.165, 1.54) is 0 Å². The van der Waals surface area contributed by atoms with Gasteiger partial charge >= 0.3 is 0 Å². The highest BCUT2D eigenvalue weighted by molar-refractivity contribution is 5.06. The fourth-order valence-electron chi connectivity index (χ4n) is 0.943. The molecule has 1 rings (SSSR count). The van der Waals surface area contributed by atoms with Crippen LogP contribution in [0.2, 0.25) is 0 Å². The zero-order chi connectivity index (χ0) is 9.52. The van der Waals surface area contributed by atoms with E-state index in [4.69, 9.17) is 10.5 Å². The van der Waals surface area contributed by atoms with Crippen LogP contribution in [0.1, 0.15) is 18.9 Å². The summed E-state index contributed by atoms with van der Waals surface area (Å²) in [6, 6.07) is 4.12. The number of hydrogen-bond donors (Lipinski definition) is 1. The third kappa shape index (κ3) is 4.60. The standard InChI is InChI=1S/C10H16N2O/c1-9(11)4-6-13-8-10-3-2-5-12-7-10/h2-3,5,7,9H,4,6,8,11H2,1H3. The first-order chi connectivity index (χ1) is 6.29. The zero-order valence-corrected chi connectivity index (χ0v) is 7.94. The van der Waals surface area contributed by atoms with E-state index in [0.717, 1.165) is 12.0 Å². The van der Waals surface area contributed by atoms with E-state index in [-0.39, 0.29) is 6.04 Å². The predicted molar refractivity (Wildman–Crippen MR) is 52.2 cm³/mol. The lowest BCUT2D eigenvalue weighted by atomic mass is 10.3. The molecule has 1 unspecified atom stereocenters. The maximum absolute atomic E-state index is 5.58. The van der Waals surface area contributed by atoms with Crippen molar-refractivity contribution in [2.45, 2.75) is 26.0 Å². The Kier molecular flexibility index (Phi) is 4.43. The summed E-state index contributed by atoms with van der Waals surface area (Å²) in [4.78, 5) is 3.99. The lowest BCUT2D eigenvalue weighted by Gasteiger charge is -2.05. The maximum atomic E-state index is 5.58. The van der Waals surface area contributed by atoms with Gasteiger partial charge in [0.25, 0.3) is 0 Å². The zero-order valence-electron chi connectivity index (χ0n) is 7.94. The van der Waals surface area contributed by atoms with Gasteiger partial charge in [-0.3, -0.25) is 4.98 Å². The molecule has 0 amide bonds. The van der Waals surface area contributed by atoms with Crippen molar-refractivity contribution in [3.8, 4) is 0 Å². The van der Waals surface area contributed by atoms with Gasteiger partial charge in [-0.25, -0.2) is 0 Å². The van der Waals surface area contributed by atoms with Crippen molar-refractivity contribution in [3.63, 3.8) is 0 Å². The molecular weight excluding hydrogens is 164 g/mol. The first kappa shape index (κ1) is 10.2. The summed E-state index contributed by atoms with van der Waals surface area (Å²) in [5.41, 5.74) is 6.68. The molecule has 1 aromatic rings. The normalized spacial score (nSPS) is 12.8. The van der Waals surface area contributed by atoms with E-state index in [9.17, 15) is 0 Å². The van der Waals surface area contributed by atoms with Crippen LogP contribution in [0.4, 0.5) is 0 Å². The summed E-state index contributed by atoms with van der Waals surface area (Å²) >= 11 is 0. The number of hydrogen-bond acceptors (Lipinski definition) is 3. The summed E-state index contributed by atoms with van der Waals surface area (Å²) in [7, 11) is 0. The molecule has 1 heterocycles. The summed E-state index contributed by atoms with van der Waals surface area (Å²) < 4.78 is 5.41. The minimum atomic E-state index is 0.217. The third-order valence-corrected chi connectivity index (χ3v) is 1.71. The molecule has 72 valence electrons. The smallest absolute Gasteiger partial charge is 0.0731 e. The average Bonchev–Trinajstić information content (AvgIpc) is 2.14. The van der Waals surface area contributed by atoms with Crippen LogP contribution in [0.5, 0.6) is 0 Å². The highest BCUT2D eigenvalue weighted by Crippen LogP contribution is 1.98. The molecule has 0 saturated carbocycles. The van der Waals surface area contributed by atoms with Gasteiger partial charge < -0.3 is 10.5 Å². The molecule has 0 fully saturated rings. The van der Waals surface area contributed by atoms with Gasteiger partial charge in [0.2, 0.25) is 0 Å². The van der Waals surface area contributed by atoms with Crippen molar-refractivity contribution in [3.05, 3.63) is 30.1 Å². The Morgan fingerprint density at radius 1 is 1.62 bits per heavy atom. The van der Waals surface area contributed by atoms with E-state index in [1.807, 2.05) is 25.3 Å². The number of ether oxygens (including phenoxy) is 1. The minimum absolute atomic E-state index is 0.217. The highest BCUT2D eigenvalue weighted by Gasteiger charge is 1.95. The van der Waals surface area contributed by atoms with E-state index in [1.54, 1.807) is 6.20 Å². The van der Waals surface area contributed by atoms with Crippen LogP contribution in [0.25, 0.3) is 0 Å². The molecule has 1 atom stereocenters. The van der Waals surface area contributed by atoms with Gasteiger partial charge in [0.15, 0.2) is 0 Å². The molecule has 0 saturated heterocycles. The lowest BCUT2D eigenvalue weighted by molar-refractivity contribution is 0.115. The van der Waals surface area contributed by atoms with Crippen LogP contribution in [-0.4, -0.2) is 17.6 Å². The van der Waals surface area contributed by atoms with Gasteiger partial charge in [-0.15, -0.1) is 0 Å². The Morgan fingerprint density at radius 3 is 3.08 bits per heavy atom. The fraction of sp³-hybridized carbons (Fsp3) is 0.500. The molecule has 0 aliphatic rings. The van der Waals surface area contributed by atoms with Crippen LogP contribution in [0.3, 0.4) is 0 Å². The number of rotatable bonds is 5. The second-order valence-corrected chi connectivity index (χ2v) is 3.18. The summed E-state index contributed by atoms with van der Waals surface area (Å²) in [5, 5.41) is 0. The second kappa shape index (κ2) is 5.67. The number of aromatic nitrogens is 1. The Hall–Kier alpha value is -0.930.